The minimum absolute atomic E-state index is 0.00269. The first-order valence-electron chi connectivity index (χ1n) is 9.29. The van der Waals surface area contributed by atoms with Gasteiger partial charge in [-0.25, -0.2) is 4.79 Å². The van der Waals surface area contributed by atoms with Crippen LogP contribution in [0.2, 0.25) is 0 Å². The van der Waals surface area contributed by atoms with Crippen molar-refractivity contribution in [3.63, 3.8) is 0 Å². The molecular weight excluding hydrogens is 344 g/mol. The zero-order valence-corrected chi connectivity index (χ0v) is 15.7. The van der Waals surface area contributed by atoms with Gasteiger partial charge in [-0.1, -0.05) is 13.0 Å². The molecule has 0 spiro atoms. The molecule has 2 aliphatic rings. The second-order valence-corrected chi connectivity index (χ2v) is 7.68. The van der Waals surface area contributed by atoms with Crippen LogP contribution in [0.25, 0.3) is 11.1 Å². The van der Waals surface area contributed by atoms with Crippen LogP contribution in [0.5, 0.6) is 0 Å². The van der Waals surface area contributed by atoms with Gasteiger partial charge in [0.1, 0.15) is 0 Å². The fourth-order valence-corrected chi connectivity index (χ4v) is 4.45. The van der Waals surface area contributed by atoms with Crippen molar-refractivity contribution in [1.82, 2.24) is 15.1 Å². The summed E-state index contributed by atoms with van der Waals surface area (Å²) in [5.74, 6) is 0.435. The number of nitrogens with one attached hydrogen (secondary N) is 1. The van der Waals surface area contributed by atoms with Crippen LogP contribution in [0.4, 0.5) is 10.5 Å². The molecule has 1 aromatic heterocycles. The molecule has 3 atom stereocenters. The predicted octanol–water partition coefficient (Wildman–Crippen LogP) is 3.18. The quantitative estimate of drug-likeness (QED) is 0.871. The molecule has 1 fully saturated rings. The summed E-state index contributed by atoms with van der Waals surface area (Å²) in [7, 11) is 1.86. The third-order valence-electron chi connectivity index (χ3n) is 5.75. The molecule has 0 saturated heterocycles. The van der Waals surface area contributed by atoms with Crippen LogP contribution in [-0.2, 0) is 11.8 Å². The molecule has 0 bridgehead atoms. The Morgan fingerprint density at radius 2 is 2.00 bits per heavy atom. The van der Waals surface area contributed by atoms with Crippen molar-refractivity contribution in [2.24, 2.45) is 18.9 Å². The average Bonchev–Trinajstić information content (AvgIpc) is 3.36. The Labute approximate surface area is 158 Å². The molecule has 142 valence electrons. The first kappa shape index (κ1) is 17.6. The van der Waals surface area contributed by atoms with Crippen molar-refractivity contribution in [3.05, 3.63) is 36.2 Å². The number of carboxylic acid groups (broad SMARTS) is 1. The number of aromatic nitrogens is 2. The number of anilines is 1. The van der Waals surface area contributed by atoms with Crippen LogP contribution in [0.15, 0.2) is 30.6 Å². The SMILES string of the molecule is CC(=O)N1c2ccc(-c3cnn(C)c3)cc2[C@H](NC(=O)O)[C@@H](C)[C@@H]1C1CC1. The number of fused-ring (bicyclic) bond motifs is 1. The van der Waals surface area contributed by atoms with E-state index in [0.29, 0.717) is 5.92 Å². The second kappa shape index (κ2) is 6.40. The normalized spacial score (nSPS) is 24.4. The van der Waals surface area contributed by atoms with Gasteiger partial charge in [0.2, 0.25) is 5.91 Å². The molecule has 4 rings (SSSR count). The van der Waals surface area contributed by atoms with Crippen molar-refractivity contribution < 1.29 is 14.7 Å². The van der Waals surface area contributed by atoms with Crippen LogP contribution < -0.4 is 10.2 Å². The van der Waals surface area contributed by atoms with Gasteiger partial charge in [-0.05, 0) is 42.0 Å². The Hall–Kier alpha value is -2.83. The Morgan fingerprint density at radius 3 is 2.56 bits per heavy atom. The fourth-order valence-electron chi connectivity index (χ4n) is 4.45. The summed E-state index contributed by atoms with van der Waals surface area (Å²) in [6, 6.07) is 5.58. The van der Waals surface area contributed by atoms with E-state index < -0.39 is 6.09 Å². The second-order valence-electron chi connectivity index (χ2n) is 7.68. The third kappa shape index (κ3) is 3.07. The van der Waals surface area contributed by atoms with Gasteiger partial charge in [0.05, 0.1) is 12.2 Å². The lowest BCUT2D eigenvalue weighted by molar-refractivity contribution is -0.117. The summed E-state index contributed by atoms with van der Waals surface area (Å²) in [4.78, 5) is 25.9. The lowest BCUT2D eigenvalue weighted by atomic mass is 9.79. The molecule has 7 heteroatoms. The Kier molecular flexibility index (Phi) is 4.17. The number of nitrogens with zero attached hydrogens (tertiary/aromatic N) is 3. The highest BCUT2D eigenvalue weighted by atomic mass is 16.4. The Balaban J connectivity index is 1.85. The number of amides is 2. The van der Waals surface area contributed by atoms with Gasteiger partial charge in [-0.3, -0.25) is 9.48 Å². The molecule has 2 N–H and O–H groups in total. The van der Waals surface area contributed by atoms with Crippen LogP contribution >= 0.6 is 0 Å². The third-order valence-corrected chi connectivity index (χ3v) is 5.75. The van der Waals surface area contributed by atoms with Gasteiger partial charge in [-0.2, -0.15) is 5.10 Å². The van der Waals surface area contributed by atoms with E-state index in [4.69, 9.17) is 0 Å². The first-order valence-corrected chi connectivity index (χ1v) is 9.29. The number of rotatable bonds is 3. The zero-order chi connectivity index (χ0) is 19.3. The van der Waals surface area contributed by atoms with Crippen LogP contribution in [0, 0.1) is 11.8 Å². The molecule has 2 amide bonds. The number of benzene rings is 1. The monoisotopic (exact) mass is 368 g/mol. The molecule has 2 aromatic rings. The van der Waals surface area contributed by atoms with Gasteiger partial charge in [0, 0.05) is 43.4 Å². The molecule has 1 aromatic carbocycles. The summed E-state index contributed by atoms with van der Waals surface area (Å²) >= 11 is 0. The van der Waals surface area contributed by atoms with Gasteiger partial charge in [0.15, 0.2) is 0 Å². The maximum atomic E-state index is 12.5. The first-order chi connectivity index (χ1) is 12.9. The van der Waals surface area contributed by atoms with Crippen LogP contribution in [0.3, 0.4) is 0 Å². The summed E-state index contributed by atoms with van der Waals surface area (Å²) in [5.41, 5.74) is 3.57. The van der Waals surface area contributed by atoms with E-state index in [2.05, 4.69) is 10.4 Å². The molecule has 1 aliphatic heterocycles. The van der Waals surface area contributed by atoms with Crippen molar-refractivity contribution in [2.75, 3.05) is 4.90 Å². The van der Waals surface area contributed by atoms with E-state index >= 15 is 0 Å². The highest BCUT2D eigenvalue weighted by Crippen LogP contribution is 2.49. The highest BCUT2D eigenvalue weighted by Gasteiger charge is 2.47. The lowest BCUT2D eigenvalue weighted by Gasteiger charge is -2.45. The van der Waals surface area contributed by atoms with Crippen LogP contribution in [-0.4, -0.2) is 32.9 Å². The molecule has 0 radical (unpaired) electrons. The maximum absolute atomic E-state index is 12.5. The van der Waals surface area contributed by atoms with Gasteiger partial charge < -0.3 is 15.3 Å². The molecule has 1 aliphatic carbocycles. The molecule has 7 nitrogen and oxygen atoms in total. The summed E-state index contributed by atoms with van der Waals surface area (Å²) in [6.07, 6.45) is 4.83. The number of carbonyl (C=O) groups excluding carboxylic acids is 1. The lowest BCUT2D eigenvalue weighted by Crippen LogP contribution is -2.53. The van der Waals surface area contributed by atoms with E-state index in [1.807, 2.05) is 43.3 Å². The van der Waals surface area contributed by atoms with E-state index in [1.54, 1.807) is 17.8 Å². The van der Waals surface area contributed by atoms with Crippen molar-refractivity contribution in [2.45, 2.75) is 38.8 Å². The van der Waals surface area contributed by atoms with E-state index in [1.165, 1.54) is 0 Å². The van der Waals surface area contributed by atoms with Crippen molar-refractivity contribution >= 4 is 17.7 Å². The molecule has 1 saturated carbocycles. The number of carbonyl (C=O) groups is 2. The highest BCUT2D eigenvalue weighted by molar-refractivity contribution is 5.94. The predicted molar refractivity (Wildman–Crippen MR) is 101 cm³/mol. The molecule has 2 heterocycles. The molecule has 0 unspecified atom stereocenters. The average molecular weight is 368 g/mol. The van der Waals surface area contributed by atoms with E-state index in [-0.39, 0.29) is 23.9 Å². The zero-order valence-electron chi connectivity index (χ0n) is 15.7. The van der Waals surface area contributed by atoms with Gasteiger partial charge in [0.25, 0.3) is 0 Å². The number of aryl methyl sites for hydroxylation is 1. The van der Waals surface area contributed by atoms with Gasteiger partial charge in [-0.15, -0.1) is 0 Å². The minimum Gasteiger partial charge on any atom is -0.465 e. The molecular formula is C20H24N4O3. The van der Waals surface area contributed by atoms with E-state index in [9.17, 15) is 14.7 Å². The summed E-state index contributed by atoms with van der Waals surface area (Å²) < 4.78 is 1.73. The van der Waals surface area contributed by atoms with Gasteiger partial charge >= 0.3 is 6.09 Å². The largest absolute Gasteiger partial charge is 0.465 e. The Morgan fingerprint density at radius 1 is 1.26 bits per heavy atom. The van der Waals surface area contributed by atoms with Crippen molar-refractivity contribution in [3.8, 4) is 11.1 Å². The van der Waals surface area contributed by atoms with Crippen LogP contribution in [0.1, 0.15) is 38.3 Å². The fraction of sp³-hybridized carbons (Fsp3) is 0.450. The van der Waals surface area contributed by atoms with Crippen molar-refractivity contribution in [1.29, 1.82) is 0 Å². The minimum atomic E-state index is -1.05. The summed E-state index contributed by atoms with van der Waals surface area (Å²) in [6.45, 7) is 3.63. The number of hydrogen-bond donors (Lipinski definition) is 2. The smallest absolute Gasteiger partial charge is 0.405 e. The molecule has 27 heavy (non-hydrogen) atoms. The standard InChI is InChI=1S/C20H24N4O3/c1-11-18(22-20(26)27)16-8-14(15-9-21-23(3)10-15)6-7-17(16)24(12(2)25)19(11)13-4-5-13/h6-11,13,18-19,22H,4-5H2,1-3H3,(H,26,27)/t11-,18-,19-/m1/s1. The number of hydrogen-bond acceptors (Lipinski definition) is 3. The summed E-state index contributed by atoms with van der Waals surface area (Å²) in [5, 5.41) is 16.3. The maximum Gasteiger partial charge on any atom is 0.405 e. The Bertz CT molecular complexity index is 902. The van der Waals surface area contributed by atoms with E-state index in [0.717, 1.165) is 35.2 Å². The topological polar surface area (TPSA) is 87.5 Å².